The molecular weight excluding hydrogens is 352 g/mol. The van der Waals surface area contributed by atoms with Crippen LogP contribution in [0.15, 0.2) is 42.7 Å². The maximum atomic E-state index is 12.9. The summed E-state index contributed by atoms with van der Waals surface area (Å²) in [6.45, 7) is 5.30. The van der Waals surface area contributed by atoms with Crippen LogP contribution in [0, 0.1) is 5.92 Å². The quantitative estimate of drug-likeness (QED) is 0.754. The fourth-order valence-electron chi connectivity index (χ4n) is 3.40. The van der Waals surface area contributed by atoms with Crippen molar-refractivity contribution >= 4 is 11.8 Å². The van der Waals surface area contributed by atoms with Crippen molar-refractivity contribution in [2.45, 2.75) is 33.4 Å². The van der Waals surface area contributed by atoms with Crippen LogP contribution in [0.25, 0.3) is 11.1 Å². The topological polar surface area (TPSA) is 75.9 Å². The first-order valence-electron chi connectivity index (χ1n) is 9.48. The molecule has 3 heterocycles. The van der Waals surface area contributed by atoms with E-state index in [0.29, 0.717) is 24.8 Å². The van der Waals surface area contributed by atoms with Gasteiger partial charge in [0.1, 0.15) is 11.6 Å². The van der Waals surface area contributed by atoms with Crippen molar-refractivity contribution in [1.29, 1.82) is 0 Å². The van der Waals surface area contributed by atoms with E-state index in [9.17, 15) is 4.79 Å². The Kier molecular flexibility index (Phi) is 4.81. The highest BCUT2D eigenvalue weighted by Gasteiger charge is 2.26. The molecule has 1 aliphatic heterocycles. The van der Waals surface area contributed by atoms with Gasteiger partial charge < -0.3 is 4.90 Å². The van der Waals surface area contributed by atoms with Crippen LogP contribution in [0.3, 0.4) is 0 Å². The van der Waals surface area contributed by atoms with Crippen LogP contribution < -0.4 is 5.32 Å². The average molecular weight is 376 g/mol. The second kappa shape index (κ2) is 7.42. The Morgan fingerprint density at radius 1 is 1.18 bits per heavy atom. The Hall–Kier alpha value is -3.22. The zero-order valence-electron chi connectivity index (χ0n) is 16.4. The number of urea groups is 1. The second-order valence-electron chi connectivity index (χ2n) is 7.54. The normalized spacial score (nSPS) is 13.1. The van der Waals surface area contributed by atoms with E-state index in [0.717, 1.165) is 34.6 Å². The number of hydrogen-bond acceptors (Lipinski definition) is 4. The van der Waals surface area contributed by atoms with Gasteiger partial charge in [-0.25, -0.2) is 14.8 Å². The van der Waals surface area contributed by atoms with E-state index < -0.39 is 0 Å². The lowest BCUT2D eigenvalue weighted by molar-refractivity contribution is 0.212. The number of aromatic nitrogens is 4. The third kappa shape index (κ3) is 3.60. The summed E-state index contributed by atoms with van der Waals surface area (Å²) < 4.78 is 1.68. The van der Waals surface area contributed by atoms with Gasteiger partial charge in [-0.2, -0.15) is 5.10 Å². The number of rotatable bonds is 4. The van der Waals surface area contributed by atoms with Crippen LogP contribution in [0.4, 0.5) is 10.6 Å². The molecule has 0 spiro atoms. The monoisotopic (exact) mass is 376 g/mol. The van der Waals surface area contributed by atoms with Crippen molar-refractivity contribution in [3.63, 3.8) is 0 Å². The highest BCUT2D eigenvalue weighted by Crippen LogP contribution is 2.28. The predicted octanol–water partition coefficient (Wildman–Crippen LogP) is 3.62. The minimum Gasteiger partial charge on any atom is -0.314 e. The fraction of sp³-hybridized carbons (Fsp3) is 0.333. The summed E-state index contributed by atoms with van der Waals surface area (Å²) in [5.41, 5.74) is 3.86. The Balaban J connectivity index is 1.50. The molecule has 144 valence electrons. The maximum Gasteiger partial charge on any atom is 0.323 e. The Bertz CT molecular complexity index is 995. The molecule has 2 aromatic heterocycles. The van der Waals surface area contributed by atoms with Crippen molar-refractivity contribution in [3.05, 3.63) is 59.8 Å². The van der Waals surface area contributed by atoms with E-state index in [1.165, 1.54) is 0 Å². The molecule has 1 aliphatic rings. The molecule has 3 aromatic rings. The van der Waals surface area contributed by atoms with Gasteiger partial charge >= 0.3 is 6.03 Å². The lowest BCUT2D eigenvalue weighted by Crippen LogP contribution is -2.31. The molecule has 4 rings (SSSR count). The van der Waals surface area contributed by atoms with Crippen molar-refractivity contribution in [1.82, 2.24) is 24.6 Å². The molecule has 7 nitrogen and oxygen atoms in total. The first-order chi connectivity index (χ1) is 13.5. The minimum atomic E-state index is -0.163. The molecular formula is C21H24N6O. The first-order valence-corrected chi connectivity index (χ1v) is 9.48. The summed E-state index contributed by atoms with van der Waals surface area (Å²) >= 11 is 0. The third-order valence-corrected chi connectivity index (χ3v) is 4.83. The lowest BCUT2D eigenvalue weighted by atomic mass is 10.1. The largest absolute Gasteiger partial charge is 0.323 e. The van der Waals surface area contributed by atoms with E-state index in [1.807, 2.05) is 43.6 Å². The highest BCUT2D eigenvalue weighted by molar-refractivity contribution is 5.93. The van der Waals surface area contributed by atoms with Gasteiger partial charge in [0.05, 0.1) is 25.0 Å². The molecule has 0 bridgehead atoms. The number of aryl methyl sites for hydroxylation is 1. The van der Waals surface area contributed by atoms with Crippen molar-refractivity contribution < 1.29 is 4.79 Å². The molecule has 0 saturated heterocycles. The van der Waals surface area contributed by atoms with Crippen molar-refractivity contribution in [2.24, 2.45) is 13.0 Å². The Morgan fingerprint density at radius 2 is 1.96 bits per heavy atom. The molecule has 0 saturated carbocycles. The van der Waals surface area contributed by atoms with Gasteiger partial charge in [-0.3, -0.25) is 10.00 Å². The predicted molar refractivity (Wildman–Crippen MR) is 107 cm³/mol. The number of hydrogen-bond donors (Lipinski definition) is 1. The minimum absolute atomic E-state index is 0.163. The molecule has 1 aromatic carbocycles. The van der Waals surface area contributed by atoms with Gasteiger partial charge in [0, 0.05) is 30.8 Å². The molecule has 0 fully saturated rings. The smallest absolute Gasteiger partial charge is 0.314 e. The van der Waals surface area contributed by atoms with Crippen LogP contribution in [0.1, 0.15) is 30.9 Å². The Labute approximate surface area is 164 Å². The molecule has 1 N–H and O–H groups in total. The molecule has 0 radical (unpaired) electrons. The maximum absolute atomic E-state index is 12.9. The molecule has 0 atom stereocenters. The molecule has 0 unspecified atom stereocenters. The van der Waals surface area contributed by atoms with E-state index in [-0.39, 0.29) is 6.03 Å². The number of amides is 2. The Morgan fingerprint density at radius 3 is 2.71 bits per heavy atom. The van der Waals surface area contributed by atoms with E-state index >= 15 is 0 Å². The summed E-state index contributed by atoms with van der Waals surface area (Å²) in [5, 5.41) is 7.33. The summed E-state index contributed by atoms with van der Waals surface area (Å²) in [7, 11) is 1.82. The van der Waals surface area contributed by atoms with Gasteiger partial charge in [-0.15, -0.1) is 0 Å². The summed E-state index contributed by atoms with van der Waals surface area (Å²) in [6, 6.07) is 9.75. The SMILES string of the molecule is CC(C)Cc1ncc2c(n1)CN(C(=O)Nc1c(-c3ccccc3)cnn1C)C2. The summed E-state index contributed by atoms with van der Waals surface area (Å²) in [6.07, 6.45) is 4.47. The van der Waals surface area contributed by atoms with E-state index in [2.05, 4.69) is 34.2 Å². The number of benzene rings is 1. The van der Waals surface area contributed by atoms with Crippen LogP contribution in [-0.4, -0.2) is 30.7 Å². The van der Waals surface area contributed by atoms with Gasteiger partial charge in [0.15, 0.2) is 0 Å². The van der Waals surface area contributed by atoms with Gasteiger partial charge in [0.2, 0.25) is 0 Å². The molecule has 0 aliphatic carbocycles. The standard InChI is InChI=1S/C21H24N6O/c1-14(2)9-19-22-10-16-12-27(13-18(16)24-19)21(28)25-20-17(11-23-26(20)3)15-7-5-4-6-8-15/h4-8,10-11,14H,9,12-13H2,1-3H3,(H,25,28). The molecule has 28 heavy (non-hydrogen) atoms. The van der Waals surface area contributed by atoms with Gasteiger partial charge in [-0.1, -0.05) is 44.2 Å². The second-order valence-corrected chi connectivity index (χ2v) is 7.54. The molecule has 2 amide bonds. The van der Waals surface area contributed by atoms with Crippen LogP contribution in [-0.2, 0) is 26.6 Å². The van der Waals surface area contributed by atoms with E-state index in [1.54, 1.807) is 15.8 Å². The highest BCUT2D eigenvalue weighted by atomic mass is 16.2. The summed E-state index contributed by atoms with van der Waals surface area (Å²) in [4.78, 5) is 23.8. The fourth-order valence-corrected chi connectivity index (χ4v) is 3.40. The zero-order valence-corrected chi connectivity index (χ0v) is 16.4. The number of carbonyl (C=O) groups excluding carboxylic acids is 1. The van der Waals surface area contributed by atoms with Gasteiger partial charge in [0.25, 0.3) is 0 Å². The van der Waals surface area contributed by atoms with Gasteiger partial charge in [-0.05, 0) is 11.5 Å². The molecule has 7 heteroatoms. The number of carbonyl (C=O) groups is 1. The first kappa shape index (κ1) is 18.2. The third-order valence-electron chi connectivity index (χ3n) is 4.83. The lowest BCUT2D eigenvalue weighted by Gasteiger charge is -2.17. The summed E-state index contributed by atoms with van der Waals surface area (Å²) in [5.74, 6) is 2.02. The number of nitrogens with zero attached hydrogens (tertiary/aromatic N) is 5. The van der Waals surface area contributed by atoms with Crippen LogP contribution in [0.5, 0.6) is 0 Å². The zero-order chi connectivity index (χ0) is 19.7. The number of fused-ring (bicyclic) bond motifs is 1. The van der Waals surface area contributed by atoms with Crippen LogP contribution in [0.2, 0.25) is 0 Å². The van der Waals surface area contributed by atoms with Crippen LogP contribution >= 0.6 is 0 Å². The van der Waals surface area contributed by atoms with Crippen molar-refractivity contribution in [2.75, 3.05) is 5.32 Å². The number of nitrogens with one attached hydrogen (secondary N) is 1. The van der Waals surface area contributed by atoms with Crippen molar-refractivity contribution in [3.8, 4) is 11.1 Å². The van der Waals surface area contributed by atoms with E-state index in [4.69, 9.17) is 0 Å². The number of anilines is 1. The average Bonchev–Trinajstić information content (AvgIpc) is 3.26.